The van der Waals surface area contributed by atoms with Crippen LogP contribution in [-0.2, 0) is 9.59 Å². The second kappa shape index (κ2) is 9.56. The zero-order valence-electron chi connectivity index (χ0n) is 16.4. The monoisotopic (exact) mass is 413 g/mol. The molecule has 0 radical (unpaired) electrons. The smallest absolute Gasteiger partial charge is 0.224 e. The standard InChI is InChI=1S/C22H24ClN3O3/c1-14(25-15(2)27)3-4-17-7-10-22(24-13-17)29-20-9-8-18(12-19(20)23)26-21(28)11-16-5-6-16/h3-4,7-10,12-14,16H,5-6,11H2,1-2H3,(H,25,27)(H,26,28)/b4-3+/t14-/m0/s1. The van der Waals surface area contributed by atoms with E-state index in [1.165, 1.54) is 6.92 Å². The van der Waals surface area contributed by atoms with Gasteiger partial charge in [0.2, 0.25) is 17.7 Å². The number of benzene rings is 1. The van der Waals surface area contributed by atoms with Gasteiger partial charge in [0.25, 0.3) is 0 Å². The van der Waals surface area contributed by atoms with Crippen LogP contribution >= 0.6 is 11.6 Å². The van der Waals surface area contributed by atoms with Crippen LogP contribution in [0.2, 0.25) is 5.02 Å². The molecule has 3 rings (SSSR count). The van der Waals surface area contributed by atoms with Gasteiger partial charge in [0.1, 0.15) is 5.75 Å². The van der Waals surface area contributed by atoms with Gasteiger partial charge in [-0.2, -0.15) is 0 Å². The second-order valence-corrected chi connectivity index (χ2v) is 7.63. The first-order valence-electron chi connectivity index (χ1n) is 9.57. The highest BCUT2D eigenvalue weighted by Gasteiger charge is 2.24. The Bertz CT molecular complexity index is 908. The van der Waals surface area contributed by atoms with Gasteiger partial charge < -0.3 is 15.4 Å². The highest BCUT2D eigenvalue weighted by molar-refractivity contribution is 6.32. The molecular formula is C22H24ClN3O3. The van der Waals surface area contributed by atoms with E-state index in [1.54, 1.807) is 30.5 Å². The van der Waals surface area contributed by atoms with Crippen molar-refractivity contribution in [2.24, 2.45) is 5.92 Å². The third-order valence-corrected chi connectivity index (χ3v) is 4.66. The van der Waals surface area contributed by atoms with Crippen molar-refractivity contribution in [3.05, 3.63) is 53.2 Å². The molecule has 1 aromatic heterocycles. The summed E-state index contributed by atoms with van der Waals surface area (Å²) in [6.07, 6.45) is 8.26. The van der Waals surface area contributed by atoms with Gasteiger partial charge in [0, 0.05) is 37.3 Å². The van der Waals surface area contributed by atoms with E-state index in [1.807, 2.05) is 25.1 Å². The predicted octanol–water partition coefficient (Wildman–Crippen LogP) is 4.80. The minimum atomic E-state index is -0.0746. The predicted molar refractivity (Wildman–Crippen MR) is 114 cm³/mol. The van der Waals surface area contributed by atoms with Gasteiger partial charge in [-0.25, -0.2) is 4.98 Å². The number of hydrogen-bond donors (Lipinski definition) is 2. The van der Waals surface area contributed by atoms with Gasteiger partial charge in [-0.15, -0.1) is 0 Å². The van der Waals surface area contributed by atoms with E-state index in [4.69, 9.17) is 16.3 Å². The maximum atomic E-state index is 11.9. The van der Waals surface area contributed by atoms with Gasteiger partial charge in [-0.05, 0) is 55.5 Å². The molecule has 0 spiro atoms. The molecule has 29 heavy (non-hydrogen) atoms. The molecule has 0 saturated heterocycles. The van der Waals surface area contributed by atoms with Crippen molar-refractivity contribution in [2.75, 3.05) is 5.32 Å². The lowest BCUT2D eigenvalue weighted by Crippen LogP contribution is -2.28. The summed E-state index contributed by atoms with van der Waals surface area (Å²) in [6, 6.07) is 8.67. The van der Waals surface area contributed by atoms with E-state index >= 15 is 0 Å². The summed E-state index contributed by atoms with van der Waals surface area (Å²) in [5, 5.41) is 6.03. The van der Waals surface area contributed by atoms with Crippen LogP contribution in [0.25, 0.3) is 6.08 Å². The first kappa shape index (κ1) is 20.9. The minimum Gasteiger partial charge on any atom is -0.437 e. The number of rotatable bonds is 8. The van der Waals surface area contributed by atoms with E-state index in [2.05, 4.69) is 15.6 Å². The molecule has 1 heterocycles. The SMILES string of the molecule is CC(=O)N[C@@H](C)/C=C/c1ccc(Oc2ccc(NC(=O)CC3CC3)cc2Cl)nc1. The van der Waals surface area contributed by atoms with Crippen LogP contribution in [0.1, 0.15) is 38.7 Å². The highest BCUT2D eigenvalue weighted by Crippen LogP contribution is 2.34. The van der Waals surface area contributed by atoms with E-state index < -0.39 is 0 Å². The van der Waals surface area contributed by atoms with Gasteiger partial charge in [-0.1, -0.05) is 23.8 Å². The number of aromatic nitrogens is 1. The molecular weight excluding hydrogens is 390 g/mol. The number of hydrogen-bond acceptors (Lipinski definition) is 4. The number of nitrogens with zero attached hydrogens (tertiary/aromatic N) is 1. The molecule has 1 atom stereocenters. The molecule has 1 aliphatic carbocycles. The molecule has 1 fully saturated rings. The fourth-order valence-corrected chi connectivity index (χ4v) is 2.96. The largest absolute Gasteiger partial charge is 0.437 e. The first-order chi connectivity index (χ1) is 13.9. The van der Waals surface area contributed by atoms with E-state index in [9.17, 15) is 9.59 Å². The van der Waals surface area contributed by atoms with Crippen LogP contribution in [0.15, 0.2) is 42.6 Å². The number of halogens is 1. The number of nitrogens with one attached hydrogen (secondary N) is 2. The zero-order valence-corrected chi connectivity index (χ0v) is 17.2. The minimum absolute atomic E-state index is 0.00960. The molecule has 2 amide bonds. The lowest BCUT2D eigenvalue weighted by molar-refractivity contribution is -0.119. The van der Waals surface area contributed by atoms with E-state index in [0.29, 0.717) is 34.7 Å². The molecule has 0 aliphatic heterocycles. The van der Waals surface area contributed by atoms with Crippen molar-refractivity contribution >= 4 is 35.2 Å². The van der Waals surface area contributed by atoms with Gasteiger partial charge >= 0.3 is 0 Å². The molecule has 0 bridgehead atoms. The molecule has 1 aromatic carbocycles. The Balaban J connectivity index is 1.57. The Kier molecular flexibility index (Phi) is 6.88. The number of ether oxygens (including phenoxy) is 1. The van der Waals surface area contributed by atoms with E-state index in [-0.39, 0.29) is 17.9 Å². The maximum Gasteiger partial charge on any atom is 0.224 e. The lowest BCUT2D eigenvalue weighted by Gasteiger charge is -2.10. The van der Waals surface area contributed by atoms with Crippen LogP contribution in [0.3, 0.4) is 0 Å². The Labute approximate surface area is 175 Å². The zero-order chi connectivity index (χ0) is 20.8. The number of pyridine rings is 1. The topological polar surface area (TPSA) is 80.3 Å². The van der Waals surface area contributed by atoms with Crippen LogP contribution in [0.4, 0.5) is 5.69 Å². The normalized spacial score (nSPS) is 14.4. The summed E-state index contributed by atoms with van der Waals surface area (Å²) in [4.78, 5) is 27.2. The fourth-order valence-electron chi connectivity index (χ4n) is 2.75. The molecule has 2 aromatic rings. The molecule has 152 valence electrons. The van der Waals surface area contributed by atoms with Crippen molar-refractivity contribution in [1.29, 1.82) is 0 Å². The Morgan fingerprint density at radius 2 is 2.10 bits per heavy atom. The molecule has 1 aliphatic rings. The quantitative estimate of drug-likeness (QED) is 0.651. The summed E-state index contributed by atoms with van der Waals surface area (Å²) >= 11 is 6.29. The molecule has 1 saturated carbocycles. The average Bonchev–Trinajstić information content (AvgIpc) is 3.46. The van der Waals surface area contributed by atoms with Gasteiger partial charge in [0.05, 0.1) is 5.02 Å². The Hall–Kier alpha value is -2.86. The van der Waals surface area contributed by atoms with Crippen molar-refractivity contribution in [2.45, 2.75) is 39.2 Å². The second-order valence-electron chi connectivity index (χ2n) is 7.22. The van der Waals surface area contributed by atoms with Crippen molar-refractivity contribution in [3.63, 3.8) is 0 Å². The van der Waals surface area contributed by atoms with Crippen LogP contribution in [-0.4, -0.2) is 22.8 Å². The number of amides is 2. The molecule has 0 unspecified atom stereocenters. The summed E-state index contributed by atoms with van der Waals surface area (Å²) in [5.41, 5.74) is 1.53. The van der Waals surface area contributed by atoms with Gasteiger partial charge in [0.15, 0.2) is 0 Å². The Morgan fingerprint density at radius 3 is 2.72 bits per heavy atom. The van der Waals surface area contributed by atoms with Crippen LogP contribution in [0.5, 0.6) is 11.6 Å². The molecule has 2 N–H and O–H groups in total. The highest BCUT2D eigenvalue weighted by atomic mass is 35.5. The average molecular weight is 414 g/mol. The third kappa shape index (κ3) is 6.91. The van der Waals surface area contributed by atoms with Crippen LogP contribution < -0.4 is 15.4 Å². The van der Waals surface area contributed by atoms with Crippen LogP contribution in [0, 0.1) is 5.92 Å². The van der Waals surface area contributed by atoms with Crippen molar-refractivity contribution in [3.8, 4) is 11.6 Å². The molecule has 6 nitrogen and oxygen atoms in total. The number of carbonyl (C=O) groups excluding carboxylic acids is 2. The van der Waals surface area contributed by atoms with Crippen molar-refractivity contribution in [1.82, 2.24) is 10.3 Å². The number of carbonyl (C=O) groups is 2. The number of anilines is 1. The first-order valence-corrected chi connectivity index (χ1v) is 9.95. The van der Waals surface area contributed by atoms with E-state index in [0.717, 1.165) is 18.4 Å². The fraction of sp³-hybridized carbons (Fsp3) is 0.318. The maximum absolute atomic E-state index is 11.9. The van der Waals surface area contributed by atoms with Crippen molar-refractivity contribution < 1.29 is 14.3 Å². The lowest BCUT2D eigenvalue weighted by atomic mass is 10.2. The summed E-state index contributed by atoms with van der Waals surface area (Å²) in [5.74, 6) is 1.33. The summed E-state index contributed by atoms with van der Waals surface area (Å²) in [6.45, 7) is 3.38. The Morgan fingerprint density at radius 1 is 1.31 bits per heavy atom. The molecule has 7 heteroatoms. The summed E-state index contributed by atoms with van der Waals surface area (Å²) < 4.78 is 5.74. The third-order valence-electron chi connectivity index (χ3n) is 4.37. The van der Waals surface area contributed by atoms with Gasteiger partial charge in [-0.3, -0.25) is 9.59 Å². The summed E-state index contributed by atoms with van der Waals surface area (Å²) in [7, 11) is 0.